The first-order chi connectivity index (χ1) is 4.64. The van der Waals surface area contributed by atoms with E-state index < -0.39 is 0 Å². The maximum atomic E-state index is 5.17. The Balaban J connectivity index is 2.39. The van der Waals surface area contributed by atoms with Gasteiger partial charge in [0.25, 0.3) is 0 Å². The molecule has 0 bridgehead atoms. The van der Waals surface area contributed by atoms with Gasteiger partial charge in [-0.1, -0.05) is 5.16 Å². The molecule has 1 heterocycles. The Labute approximate surface area is 61.2 Å². The highest BCUT2D eigenvalue weighted by molar-refractivity contribution is 5.85. The highest BCUT2D eigenvalue weighted by Gasteiger charge is 2.28. The summed E-state index contributed by atoms with van der Waals surface area (Å²) in [5.74, 6) is 0. The Morgan fingerprint density at radius 3 is 2.80 bits per heavy atom. The summed E-state index contributed by atoms with van der Waals surface area (Å²) in [6.45, 7) is 5.01. The quantitative estimate of drug-likeness (QED) is 0.588. The van der Waals surface area contributed by atoms with Gasteiger partial charge in [0.05, 0.1) is 12.3 Å². The Hall–Kier alpha value is -0.570. The highest BCUT2D eigenvalue weighted by atomic mass is 16.7. The summed E-state index contributed by atoms with van der Waals surface area (Å²) in [6, 6.07) is 0. The fourth-order valence-corrected chi connectivity index (χ4v) is 1.08. The van der Waals surface area contributed by atoms with Crippen LogP contribution < -0.4 is 5.73 Å². The van der Waals surface area contributed by atoms with Crippen LogP contribution >= 0.6 is 0 Å². The zero-order chi connectivity index (χ0) is 7.61. The normalized spacial score (nSPS) is 22.1. The summed E-state index contributed by atoms with van der Waals surface area (Å²) in [6.07, 6.45) is 1.94. The third-order valence-electron chi connectivity index (χ3n) is 1.52. The number of oxime groups is 1. The number of hydrogen-bond acceptors (Lipinski definition) is 2. The van der Waals surface area contributed by atoms with Gasteiger partial charge in [-0.15, -0.1) is 0 Å². The van der Waals surface area contributed by atoms with Crippen LogP contribution in [0.4, 0.5) is 0 Å². The second-order valence-corrected chi connectivity index (χ2v) is 3.29. The maximum absolute atomic E-state index is 5.17. The molecule has 3 nitrogen and oxygen atoms in total. The van der Waals surface area contributed by atoms with Crippen molar-refractivity contribution in [3.05, 3.63) is 0 Å². The van der Waals surface area contributed by atoms with Crippen molar-refractivity contribution in [2.24, 2.45) is 5.16 Å². The second-order valence-electron chi connectivity index (χ2n) is 3.29. The van der Waals surface area contributed by atoms with Gasteiger partial charge < -0.3 is 10.6 Å². The SMILES string of the molecule is CC1(C)CC(CC[NH3+])=NO1. The molecule has 0 unspecified atom stereocenters. The van der Waals surface area contributed by atoms with Crippen LogP contribution in [-0.4, -0.2) is 17.9 Å². The summed E-state index contributed by atoms with van der Waals surface area (Å²) in [4.78, 5) is 5.17. The minimum atomic E-state index is -0.0650. The average Bonchev–Trinajstić information content (AvgIpc) is 2.12. The fraction of sp³-hybridized carbons (Fsp3) is 0.857. The van der Waals surface area contributed by atoms with Crippen molar-refractivity contribution >= 4 is 5.71 Å². The van der Waals surface area contributed by atoms with Crippen molar-refractivity contribution in [2.45, 2.75) is 32.3 Å². The average molecular weight is 143 g/mol. The minimum absolute atomic E-state index is 0.0650. The van der Waals surface area contributed by atoms with Gasteiger partial charge in [0.1, 0.15) is 5.60 Å². The Kier molecular flexibility index (Phi) is 1.94. The molecule has 58 valence electrons. The molecule has 0 radical (unpaired) electrons. The predicted molar refractivity (Wildman–Crippen MR) is 39.6 cm³/mol. The molecule has 0 amide bonds. The Morgan fingerprint density at radius 2 is 2.40 bits per heavy atom. The molecule has 0 saturated heterocycles. The molecule has 3 heteroatoms. The van der Waals surface area contributed by atoms with Crippen molar-refractivity contribution in [3.63, 3.8) is 0 Å². The summed E-state index contributed by atoms with van der Waals surface area (Å²) in [7, 11) is 0. The third kappa shape index (κ3) is 1.70. The predicted octanol–water partition coefficient (Wildman–Crippen LogP) is 0.173. The fourth-order valence-electron chi connectivity index (χ4n) is 1.08. The number of nitrogens with zero attached hydrogens (tertiary/aromatic N) is 1. The van der Waals surface area contributed by atoms with Crippen LogP contribution in [0.3, 0.4) is 0 Å². The number of quaternary nitrogens is 1. The highest BCUT2D eigenvalue weighted by Crippen LogP contribution is 2.22. The molecule has 0 fully saturated rings. The van der Waals surface area contributed by atoms with Gasteiger partial charge in [0.2, 0.25) is 0 Å². The van der Waals surface area contributed by atoms with Gasteiger partial charge in [-0.25, -0.2) is 0 Å². The van der Waals surface area contributed by atoms with Crippen LogP contribution in [0.2, 0.25) is 0 Å². The van der Waals surface area contributed by atoms with Crippen molar-refractivity contribution in [1.82, 2.24) is 0 Å². The van der Waals surface area contributed by atoms with E-state index >= 15 is 0 Å². The number of rotatable bonds is 2. The smallest absolute Gasteiger partial charge is 0.137 e. The first-order valence-electron chi connectivity index (χ1n) is 3.67. The molecule has 0 saturated carbocycles. The van der Waals surface area contributed by atoms with Gasteiger partial charge in [-0.3, -0.25) is 0 Å². The molecule has 1 aliphatic heterocycles. The topological polar surface area (TPSA) is 49.2 Å². The molecule has 3 N–H and O–H groups in total. The molecule has 0 spiro atoms. The van der Waals surface area contributed by atoms with E-state index in [0.29, 0.717) is 0 Å². The monoisotopic (exact) mass is 143 g/mol. The lowest BCUT2D eigenvalue weighted by Crippen LogP contribution is -2.50. The molecule has 1 rings (SSSR count). The lowest BCUT2D eigenvalue weighted by molar-refractivity contribution is -0.365. The molecular formula is C7H15N2O+. The summed E-state index contributed by atoms with van der Waals surface area (Å²) >= 11 is 0. The molecule has 0 aromatic rings. The van der Waals surface area contributed by atoms with Crippen LogP contribution in [0.15, 0.2) is 5.16 Å². The minimum Gasteiger partial charge on any atom is -0.389 e. The molecular weight excluding hydrogens is 128 g/mol. The van der Waals surface area contributed by atoms with Crippen LogP contribution in [0.1, 0.15) is 26.7 Å². The zero-order valence-corrected chi connectivity index (χ0v) is 6.68. The van der Waals surface area contributed by atoms with Crippen molar-refractivity contribution in [1.29, 1.82) is 0 Å². The largest absolute Gasteiger partial charge is 0.389 e. The molecule has 0 atom stereocenters. The van der Waals surface area contributed by atoms with E-state index in [-0.39, 0.29) is 5.60 Å². The van der Waals surface area contributed by atoms with E-state index in [0.717, 1.165) is 25.1 Å². The van der Waals surface area contributed by atoms with Crippen LogP contribution in [-0.2, 0) is 4.84 Å². The molecule has 0 aliphatic carbocycles. The molecule has 1 aliphatic rings. The first kappa shape index (κ1) is 7.54. The van der Waals surface area contributed by atoms with E-state index in [1.807, 2.05) is 13.8 Å². The summed E-state index contributed by atoms with van der Waals surface area (Å²) in [5.41, 5.74) is 4.85. The van der Waals surface area contributed by atoms with Gasteiger partial charge in [-0.2, -0.15) is 0 Å². The van der Waals surface area contributed by atoms with Gasteiger partial charge >= 0.3 is 0 Å². The van der Waals surface area contributed by atoms with Crippen molar-refractivity contribution in [2.75, 3.05) is 6.54 Å². The molecule has 0 aromatic carbocycles. The van der Waals surface area contributed by atoms with Gasteiger partial charge in [0, 0.05) is 12.8 Å². The van der Waals surface area contributed by atoms with Gasteiger partial charge in [0.15, 0.2) is 0 Å². The van der Waals surface area contributed by atoms with Crippen molar-refractivity contribution in [3.8, 4) is 0 Å². The maximum Gasteiger partial charge on any atom is 0.137 e. The van der Waals surface area contributed by atoms with E-state index in [1.54, 1.807) is 0 Å². The first-order valence-corrected chi connectivity index (χ1v) is 3.67. The zero-order valence-electron chi connectivity index (χ0n) is 6.68. The Morgan fingerprint density at radius 1 is 1.70 bits per heavy atom. The van der Waals surface area contributed by atoms with Crippen molar-refractivity contribution < 1.29 is 10.6 Å². The van der Waals surface area contributed by atoms with E-state index in [9.17, 15) is 0 Å². The number of hydrogen-bond donors (Lipinski definition) is 1. The van der Waals surface area contributed by atoms with E-state index in [1.165, 1.54) is 0 Å². The second kappa shape index (κ2) is 2.58. The van der Waals surface area contributed by atoms with Gasteiger partial charge in [-0.05, 0) is 13.8 Å². The van der Waals surface area contributed by atoms with Crippen LogP contribution in [0, 0.1) is 0 Å². The Bertz CT molecular complexity index is 152. The third-order valence-corrected chi connectivity index (χ3v) is 1.52. The standard InChI is InChI=1S/C7H14N2O/c1-7(2)5-6(3-4-8)9-10-7/h3-5,8H2,1-2H3/p+1. The summed E-state index contributed by atoms with van der Waals surface area (Å²) < 4.78 is 0. The van der Waals surface area contributed by atoms with E-state index in [2.05, 4.69) is 10.9 Å². The van der Waals surface area contributed by atoms with E-state index in [4.69, 9.17) is 4.84 Å². The molecule has 10 heavy (non-hydrogen) atoms. The molecule has 0 aromatic heterocycles. The lowest BCUT2D eigenvalue weighted by atomic mass is 10.0. The van der Waals surface area contributed by atoms with Crippen LogP contribution in [0.25, 0.3) is 0 Å². The lowest BCUT2D eigenvalue weighted by Gasteiger charge is -2.12. The van der Waals surface area contributed by atoms with Crippen LogP contribution in [0.5, 0.6) is 0 Å². The summed E-state index contributed by atoms with van der Waals surface area (Å²) in [5, 5.41) is 3.95.